The SMILES string of the molecule is CCCNC(c1ccc2c(c1)C(C)(C)C(=O)N2)C1CC1. The highest BCUT2D eigenvalue weighted by atomic mass is 16.2. The van der Waals surface area contributed by atoms with Crippen molar-refractivity contribution in [3.8, 4) is 0 Å². The molecule has 2 N–H and O–H groups in total. The molecule has 2 aliphatic rings. The number of anilines is 1. The second-order valence-electron chi connectivity index (χ2n) is 6.65. The van der Waals surface area contributed by atoms with Gasteiger partial charge in [0.25, 0.3) is 0 Å². The Morgan fingerprint density at radius 3 is 2.80 bits per heavy atom. The molecule has 1 aliphatic heterocycles. The quantitative estimate of drug-likeness (QED) is 0.863. The average Bonchev–Trinajstić information content (AvgIpc) is 3.21. The molecule has 3 rings (SSSR count). The second kappa shape index (κ2) is 4.88. The maximum absolute atomic E-state index is 12.0. The van der Waals surface area contributed by atoms with Crippen molar-refractivity contribution < 1.29 is 4.79 Å². The number of nitrogens with one attached hydrogen (secondary N) is 2. The first-order chi connectivity index (χ1) is 9.54. The topological polar surface area (TPSA) is 41.1 Å². The molecule has 1 atom stereocenters. The summed E-state index contributed by atoms with van der Waals surface area (Å²) in [6.45, 7) is 7.26. The van der Waals surface area contributed by atoms with E-state index in [0.717, 1.165) is 30.1 Å². The summed E-state index contributed by atoms with van der Waals surface area (Å²) in [7, 11) is 0. The summed E-state index contributed by atoms with van der Waals surface area (Å²) < 4.78 is 0. The minimum atomic E-state index is -0.412. The third kappa shape index (κ3) is 2.24. The predicted octanol–water partition coefficient (Wildman–Crippen LogP) is 3.37. The Kier molecular flexibility index (Phi) is 3.33. The first-order valence-electron chi connectivity index (χ1n) is 7.73. The molecule has 1 heterocycles. The van der Waals surface area contributed by atoms with Crippen LogP contribution >= 0.6 is 0 Å². The lowest BCUT2D eigenvalue weighted by Gasteiger charge is -2.21. The summed E-state index contributed by atoms with van der Waals surface area (Å²) in [5.74, 6) is 0.877. The molecular formula is C17H24N2O. The maximum atomic E-state index is 12.0. The molecule has 20 heavy (non-hydrogen) atoms. The summed E-state index contributed by atoms with van der Waals surface area (Å²) in [6.07, 6.45) is 3.79. The monoisotopic (exact) mass is 272 g/mol. The molecule has 1 saturated carbocycles. The van der Waals surface area contributed by atoms with Crippen molar-refractivity contribution in [2.45, 2.75) is 51.5 Å². The maximum Gasteiger partial charge on any atom is 0.234 e. The molecule has 1 aromatic carbocycles. The lowest BCUT2D eigenvalue weighted by atomic mass is 9.84. The van der Waals surface area contributed by atoms with E-state index in [1.54, 1.807) is 0 Å². The summed E-state index contributed by atoms with van der Waals surface area (Å²) in [4.78, 5) is 12.0. The van der Waals surface area contributed by atoms with Gasteiger partial charge in [-0.05, 0) is 62.8 Å². The number of hydrogen-bond acceptors (Lipinski definition) is 2. The van der Waals surface area contributed by atoms with Crippen LogP contribution in [-0.4, -0.2) is 12.5 Å². The first-order valence-corrected chi connectivity index (χ1v) is 7.73. The van der Waals surface area contributed by atoms with Gasteiger partial charge in [-0.25, -0.2) is 0 Å². The van der Waals surface area contributed by atoms with E-state index < -0.39 is 5.41 Å². The average molecular weight is 272 g/mol. The van der Waals surface area contributed by atoms with Gasteiger partial charge in [0.1, 0.15) is 0 Å². The van der Waals surface area contributed by atoms with Crippen molar-refractivity contribution in [3.05, 3.63) is 29.3 Å². The lowest BCUT2D eigenvalue weighted by molar-refractivity contribution is -0.119. The van der Waals surface area contributed by atoms with Crippen LogP contribution in [0.1, 0.15) is 57.2 Å². The van der Waals surface area contributed by atoms with Crippen molar-refractivity contribution in [2.24, 2.45) is 5.92 Å². The van der Waals surface area contributed by atoms with Gasteiger partial charge < -0.3 is 10.6 Å². The van der Waals surface area contributed by atoms with E-state index in [2.05, 4.69) is 35.8 Å². The molecule has 0 aromatic heterocycles. The smallest absolute Gasteiger partial charge is 0.234 e. The van der Waals surface area contributed by atoms with Gasteiger partial charge in [0, 0.05) is 11.7 Å². The molecule has 3 heteroatoms. The van der Waals surface area contributed by atoms with Gasteiger partial charge in [0.2, 0.25) is 5.91 Å². The Morgan fingerprint density at radius 1 is 1.40 bits per heavy atom. The molecule has 0 saturated heterocycles. The fourth-order valence-corrected chi connectivity index (χ4v) is 3.07. The molecule has 1 fully saturated rings. The van der Waals surface area contributed by atoms with E-state index in [1.165, 1.54) is 18.4 Å². The summed E-state index contributed by atoms with van der Waals surface area (Å²) in [6, 6.07) is 6.93. The van der Waals surface area contributed by atoms with Crippen LogP contribution in [0.2, 0.25) is 0 Å². The molecule has 0 bridgehead atoms. The number of carbonyl (C=O) groups is 1. The van der Waals surface area contributed by atoms with Gasteiger partial charge in [-0.3, -0.25) is 4.79 Å². The zero-order valence-electron chi connectivity index (χ0n) is 12.6. The van der Waals surface area contributed by atoms with Crippen molar-refractivity contribution in [1.82, 2.24) is 5.32 Å². The molecule has 0 radical (unpaired) electrons. The lowest BCUT2D eigenvalue weighted by Crippen LogP contribution is -2.27. The number of carbonyl (C=O) groups excluding carboxylic acids is 1. The Bertz CT molecular complexity index is 532. The summed E-state index contributed by atoms with van der Waals surface area (Å²) in [5, 5.41) is 6.65. The Balaban J connectivity index is 1.91. The van der Waals surface area contributed by atoms with Crippen molar-refractivity contribution in [3.63, 3.8) is 0 Å². The summed E-state index contributed by atoms with van der Waals surface area (Å²) >= 11 is 0. The highest BCUT2D eigenvalue weighted by Gasteiger charge is 2.39. The molecule has 0 spiro atoms. The Hall–Kier alpha value is -1.35. The minimum Gasteiger partial charge on any atom is -0.325 e. The van der Waals surface area contributed by atoms with Crippen molar-refractivity contribution in [2.75, 3.05) is 11.9 Å². The highest BCUT2D eigenvalue weighted by Crippen LogP contribution is 2.44. The standard InChI is InChI=1S/C17H24N2O/c1-4-9-18-15(11-5-6-11)12-7-8-14-13(10-12)17(2,3)16(20)19-14/h7-8,10-11,15,18H,4-6,9H2,1-3H3,(H,19,20). The third-order valence-corrected chi connectivity index (χ3v) is 4.60. The Morgan fingerprint density at radius 2 is 2.15 bits per heavy atom. The largest absolute Gasteiger partial charge is 0.325 e. The van der Waals surface area contributed by atoms with Crippen LogP contribution in [0.4, 0.5) is 5.69 Å². The molecule has 1 aromatic rings. The third-order valence-electron chi connectivity index (χ3n) is 4.60. The predicted molar refractivity (Wildman–Crippen MR) is 81.9 cm³/mol. The number of benzene rings is 1. The van der Waals surface area contributed by atoms with Gasteiger partial charge >= 0.3 is 0 Å². The Labute approximate surface area is 121 Å². The van der Waals surface area contributed by atoms with Crippen molar-refractivity contribution >= 4 is 11.6 Å². The van der Waals surface area contributed by atoms with Gasteiger partial charge in [-0.1, -0.05) is 19.1 Å². The minimum absolute atomic E-state index is 0.106. The fourth-order valence-electron chi connectivity index (χ4n) is 3.07. The normalized spacial score (nSPS) is 21.4. The van der Waals surface area contributed by atoms with Crippen LogP contribution in [-0.2, 0) is 10.2 Å². The molecular weight excluding hydrogens is 248 g/mol. The molecule has 1 amide bonds. The molecule has 108 valence electrons. The van der Waals surface area contributed by atoms with Gasteiger partial charge in [0.05, 0.1) is 5.41 Å². The van der Waals surface area contributed by atoms with Gasteiger partial charge in [-0.2, -0.15) is 0 Å². The number of hydrogen-bond donors (Lipinski definition) is 2. The van der Waals surface area contributed by atoms with Crippen molar-refractivity contribution in [1.29, 1.82) is 0 Å². The fraction of sp³-hybridized carbons (Fsp3) is 0.588. The first kappa shape index (κ1) is 13.6. The van der Waals surface area contributed by atoms with E-state index >= 15 is 0 Å². The van der Waals surface area contributed by atoms with Crippen LogP contribution < -0.4 is 10.6 Å². The zero-order chi connectivity index (χ0) is 14.3. The van der Waals surface area contributed by atoms with Crippen LogP contribution in [0.3, 0.4) is 0 Å². The zero-order valence-corrected chi connectivity index (χ0v) is 12.6. The van der Waals surface area contributed by atoms with E-state index in [9.17, 15) is 4.79 Å². The van der Waals surface area contributed by atoms with E-state index in [4.69, 9.17) is 0 Å². The number of fused-ring (bicyclic) bond motifs is 1. The molecule has 1 unspecified atom stereocenters. The van der Waals surface area contributed by atoms with E-state index in [-0.39, 0.29) is 5.91 Å². The van der Waals surface area contributed by atoms with E-state index in [1.807, 2.05) is 13.8 Å². The van der Waals surface area contributed by atoms with E-state index in [0.29, 0.717) is 6.04 Å². The van der Waals surface area contributed by atoms with Crippen LogP contribution in [0, 0.1) is 5.92 Å². The molecule has 3 nitrogen and oxygen atoms in total. The van der Waals surface area contributed by atoms with Crippen LogP contribution in [0.25, 0.3) is 0 Å². The van der Waals surface area contributed by atoms with Crippen LogP contribution in [0.15, 0.2) is 18.2 Å². The number of amides is 1. The van der Waals surface area contributed by atoms with Crippen LogP contribution in [0.5, 0.6) is 0 Å². The number of rotatable bonds is 5. The molecule has 1 aliphatic carbocycles. The van der Waals surface area contributed by atoms with Gasteiger partial charge in [0.15, 0.2) is 0 Å². The summed E-state index contributed by atoms with van der Waals surface area (Å²) in [5.41, 5.74) is 3.05. The van der Waals surface area contributed by atoms with Gasteiger partial charge in [-0.15, -0.1) is 0 Å². The second-order valence-corrected chi connectivity index (χ2v) is 6.65. The highest BCUT2D eigenvalue weighted by molar-refractivity contribution is 6.05.